The maximum atomic E-state index is 12.7. The van der Waals surface area contributed by atoms with Crippen LogP contribution in [-0.4, -0.2) is 10.7 Å². The number of benzene rings is 2. The first-order chi connectivity index (χ1) is 10.7. The fourth-order valence-corrected chi connectivity index (χ4v) is 2.23. The van der Waals surface area contributed by atoms with Crippen LogP contribution in [0.15, 0.2) is 71.3 Å². The van der Waals surface area contributed by atoms with Gasteiger partial charge < -0.3 is 4.42 Å². The zero-order chi connectivity index (χ0) is 15.5. The van der Waals surface area contributed by atoms with Crippen LogP contribution < -0.4 is 0 Å². The molecule has 0 atom stereocenters. The normalized spacial score (nSPS) is 10.4. The van der Waals surface area contributed by atoms with Gasteiger partial charge in [-0.25, -0.2) is 0 Å². The summed E-state index contributed by atoms with van der Waals surface area (Å²) in [7, 11) is 0. The van der Waals surface area contributed by atoms with Crippen LogP contribution in [0.5, 0.6) is 0 Å². The Balaban J connectivity index is 2.17. The van der Waals surface area contributed by atoms with Gasteiger partial charge in [-0.1, -0.05) is 30.3 Å². The van der Waals surface area contributed by atoms with Crippen molar-refractivity contribution in [3.05, 3.63) is 88.2 Å². The predicted molar refractivity (Wildman–Crippen MR) is 80.7 cm³/mol. The molecule has 5 nitrogen and oxygen atoms in total. The maximum absolute atomic E-state index is 12.7. The van der Waals surface area contributed by atoms with Crippen LogP contribution in [0, 0.1) is 10.1 Å². The smallest absolute Gasteiger partial charge is 0.270 e. The van der Waals surface area contributed by atoms with Crippen molar-refractivity contribution < 1.29 is 14.1 Å². The molecular weight excluding hydrogens is 282 g/mol. The van der Waals surface area contributed by atoms with Crippen molar-refractivity contribution in [1.29, 1.82) is 0 Å². The lowest BCUT2D eigenvalue weighted by molar-refractivity contribution is -0.384. The van der Waals surface area contributed by atoms with Crippen molar-refractivity contribution in [2.24, 2.45) is 0 Å². The third-order valence-corrected chi connectivity index (χ3v) is 3.28. The largest absolute Gasteiger partial charge is 0.464 e. The number of hydrogen-bond donors (Lipinski definition) is 0. The molecular formula is C17H11NO4. The Hall–Kier alpha value is -3.21. The molecule has 3 aromatic rings. The minimum absolute atomic E-state index is 0.130. The van der Waals surface area contributed by atoms with E-state index in [0.717, 1.165) is 0 Å². The molecule has 0 N–H and O–H groups in total. The van der Waals surface area contributed by atoms with E-state index in [1.54, 1.807) is 42.5 Å². The van der Waals surface area contributed by atoms with Crippen LogP contribution in [0.25, 0.3) is 11.3 Å². The molecule has 22 heavy (non-hydrogen) atoms. The highest BCUT2D eigenvalue weighted by Crippen LogP contribution is 2.29. The lowest BCUT2D eigenvalue weighted by atomic mass is 9.96. The molecule has 0 saturated carbocycles. The highest BCUT2D eigenvalue weighted by molar-refractivity contribution is 6.12. The third-order valence-electron chi connectivity index (χ3n) is 3.28. The van der Waals surface area contributed by atoms with E-state index < -0.39 is 4.92 Å². The minimum atomic E-state index is -0.520. The van der Waals surface area contributed by atoms with Gasteiger partial charge in [0.2, 0.25) is 0 Å². The third kappa shape index (κ3) is 2.52. The maximum Gasteiger partial charge on any atom is 0.270 e. The molecule has 0 unspecified atom stereocenters. The van der Waals surface area contributed by atoms with Crippen molar-refractivity contribution in [1.82, 2.24) is 0 Å². The number of furan rings is 1. The number of nitro benzene ring substituents is 1. The van der Waals surface area contributed by atoms with Gasteiger partial charge >= 0.3 is 0 Å². The summed E-state index contributed by atoms with van der Waals surface area (Å²) in [5.41, 5.74) is 1.12. The topological polar surface area (TPSA) is 73.3 Å². The SMILES string of the molecule is O=C(c1ccccc1)c1cc([N+](=O)[O-])ccc1-c1ccco1. The summed E-state index contributed by atoms with van der Waals surface area (Å²) in [4.78, 5) is 23.1. The van der Waals surface area contributed by atoms with Crippen molar-refractivity contribution >= 4 is 11.5 Å². The second-order valence-corrected chi connectivity index (χ2v) is 4.66. The summed E-state index contributed by atoms with van der Waals surface area (Å²) < 4.78 is 5.32. The Labute approximate surface area is 126 Å². The molecule has 0 saturated heterocycles. The molecule has 2 aromatic carbocycles. The highest BCUT2D eigenvalue weighted by Gasteiger charge is 2.20. The van der Waals surface area contributed by atoms with Gasteiger partial charge in [-0.2, -0.15) is 0 Å². The van der Waals surface area contributed by atoms with Gasteiger partial charge in [0.15, 0.2) is 5.78 Å². The number of nitro groups is 1. The molecule has 1 aromatic heterocycles. The van der Waals surface area contributed by atoms with Crippen LogP contribution in [0.4, 0.5) is 5.69 Å². The molecule has 0 aliphatic carbocycles. The standard InChI is InChI=1S/C17H11NO4/c19-17(12-5-2-1-3-6-12)15-11-13(18(20)21)8-9-14(15)16-7-4-10-22-16/h1-11H. The zero-order valence-corrected chi connectivity index (χ0v) is 11.4. The number of carbonyl (C=O) groups excluding carboxylic acids is 1. The van der Waals surface area contributed by atoms with E-state index in [0.29, 0.717) is 16.9 Å². The van der Waals surface area contributed by atoms with Crippen LogP contribution >= 0.6 is 0 Å². The van der Waals surface area contributed by atoms with Gasteiger partial charge in [0.05, 0.1) is 11.2 Å². The molecule has 108 valence electrons. The number of non-ortho nitro benzene ring substituents is 1. The van der Waals surface area contributed by atoms with Crippen molar-refractivity contribution in [3.8, 4) is 11.3 Å². The lowest BCUT2D eigenvalue weighted by Gasteiger charge is -2.07. The van der Waals surface area contributed by atoms with E-state index in [4.69, 9.17) is 4.42 Å². The quantitative estimate of drug-likeness (QED) is 0.412. The molecule has 0 fully saturated rings. The molecule has 5 heteroatoms. The Morgan fingerprint density at radius 2 is 1.77 bits per heavy atom. The number of rotatable bonds is 4. The number of hydrogen-bond acceptors (Lipinski definition) is 4. The number of nitrogens with zero attached hydrogens (tertiary/aromatic N) is 1. The molecule has 0 bridgehead atoms. The van der Waals surface area contributed by atoms with E-state index in [2.05, 4.69) is 0 Å². The van der Waals surface area contributed by atoms with Gasteiger partial charge in [-0.05, 0) is 18.2 Å². The van der Waals surface area contributed by atoms with Crippen LogP contribution in [0.3, 0.4) is 0 Å². The molecule has 3 rings (SSSR count). The molecule has 1 heterocycles. The summed E-state index contributed by atoms with van der Waals surface area (Å²) in [6, 6.07) is 16.2. The summed E-state index contributed by atoms with van der Waals surface area (Å²) in [6.07, 6.45) is 1.49. The Morgan fingerprint density at radius 1 is 1.00 bits per heavy atom. The van der Waals surface area contributed by atoms with Gasteiger partial charge in [0, 0.05) is 28.8 Å². The molecule has 0 aliphatic heterocycles. The van der Waals surface area contributed by atoms with E-state index in [9.17, 15) is 14.9 Å². The predicted octanol–water partition coefficient (Wildman–Crippen LogP) is 4.09. The fraction of sp³-hybridized carbons (Fsp3) is 0. The van der Waals surface area contributed by atoms with Crippen molar-refractivity contribution in [3.63, 3.8) is 0 Å². The highest BCUT2D eigenvalue weighted by atomic mass is 16.6. The first kappa shape index (κ1) is 13.8. The van der Waals surface area contributed by atoms with Gasteiger partial charge in [0.25, 0.3) is 5.69 Å². The van der Waals surface area contributed by atoms with E-state index in [-0.39, 0.29) is 17.0 Å². The van der Waals surface area contributed by atoms with Crippen LogP contribution in [0.1, 0.15) is 15.9 Å². The molecule has 0 aliphatic rings. The zero-order valence-electron chi connectivity index (χ0n) is 11.4. The van der Waals surface area contributed by atoms with E-state index in [1.807, 2.05) is 0 Å². The fourth-order valence-electron chi connectivity index (χ4n) is 2.23. The summed E-state index contributed by atoms with van der Waals surface area (Å²) in [5, 5.41) is 11.0. The summed E-state index contributed by atoms with van der Waals surface area (Å²) >= 11 is 0. The Bertz CT molecular complexity index is 823. The Kier molecular flexibility index (Phi) is 3.53. The van der Waals surface area contributed by atoms with E-state index >= 15 is 0 Å². The summed E-state index contributed by atoms with van der Waals surface area (Å²) in [5.74, 6) is 0.213. The van der Waals surface area contributed by atoms with Gasteiger partial charge in [0.1, 0.15) is 5.76 Å². The molecule has 0 spiro atoms. The Morgan fingerprint density at radius 3 is 2.41 bits per heavy atom. The minimum Gasteiger partial charge on any atom is -0.464 e. The monoisotopic (exact) mass is 293 g/mol. The van der Waals surface area contributed by atoms with Gasteiger partial charge in [-0.15, -0.1) is 0 Å². The van der Waals surface area contributed by atoms with Gasteiger partial charge in [-0.3, -0.25) is 14.9 Å². The average molecular weight is 293 g/mol. The summed E-state index contributed by atoms with van der Waals surface area (Å²) in [6.45, 7) is 0. The van der Waals surface area contributed by atoms with Crippen LogP contribution in [-0.2, 0) is 0 Å². The van der Waals surface area contributed by atoms with E-state index in [1.165, 1.54) is 24.5 Å². The molecule has 0 amide bonds. The first-order valence-corrected chi connectivity index (χ1v) is 6.59. The first-order valence-electron chi connectivity index (χ1n) is 6.59. The number of carbonyl (C=O) groups is 1. The second-order valence-electron chi connectivity index (χ2n) is 4.66. The molecule has 0 radical (unpaired) electrons. The van der Waals surface area contributed by atoms with Crippen molar-refractivity contribution in [2.45, 2.75) is 0 Å². The number of ketones is 1. The second kappa shape index (κ2) is 5.65. The van der Waals surface area contributed by atoms with Crippen LogP contribution in [0.2, 0.25) is 0 Å². The van der Waals surface area contributed by atoms with Crippen molar-refractivity contribution in [2.75, 3.05) is 0 Å². The lowest BCUT2D eigenvalue weighted by Crippen LogP contribution is -2.04. The average Bonchev–Trinajstić information content (AvgIpc) is 3.08.